The molecule has 0 bridgehead atoms. The molecule has 5 nitrogen and oxygen atoms in total. The highest BCUT2D eigenvalue weighted by molar-refractivity contribution is 5.54. The SMILES string of the molecule is CNc1cc(N2CC(C)OC(CO)C2)ccn1. The molecule has 1 aromatic rings. The molecule has 2 N–H and O–H groups in total. The van der Waals surface area contributed by atoms with Crippen LogP contribution in [-0.4, -0.2) is 49.0 Å². The van der Waals surface area contributed by atoms with E-state index in [-0.39, 0.29) is 18.8 Å². The van der Waals surface area contributed by atoms with Gasteiger partial charge in [0.05, 0.1) is 18.8 Å². The number of rotatable bonds is 3. The molecule has 0 saturated carbocycles. The van der Waals surface area contributed by atoms with Crippen molar-refractivity contribution in [2.24, 2.45) is 0 Å². The summed E-state index contributed by atoms with van der Waals surface area (Å²) in [5.41, 5.74) is 1.11. The van der Waals surface area contributed by atoms with Crippen molar-refractivity contribution in [2.75, 3.05) is 37.0 Å². The van der Waals surface area contributed by atoms with Crippen molar-refractivity contribution in [3.8, 4) is 0 Å². The van der Waals surface area contributed by atoms with E-state index in [4.69, 9.17) is 4.74 Å². The van der Waals surface area contributed by atoms with Crippen LogP contribution < -0.4 is 10.2 Å². The third-order valence-corrected chi connectivity index (χ3v) is 2.89. The number of aromatic nitrogens is 1. The molecule has 1 aliphatic heterocycles. The molecule has 0 amide bonds. The van der Waals surface area contributed by atoms with Crippen molar-refractivity contribution in [1.29, 1.82) is 0 Å². The predicted molar refractivity (Wildman–Crippen MR) is 67.4 cm³/mol. The lowest BCUT2D eigenvalue weighted by Gasteiger charge is -2.37. The molecule has 5 heteroatoms. The van der Waals surface area contributed by atoms with Gasteiger partial charge >= 0.3 is 0 Å². The van der Waals surface area contributed by atoms with Crippen LogP contribution in [0.2, 0.25) is 0 Å². The van der Waals surface area contributed by atoms with Crippen molar-refractivity contribution in [2.45, 2.75) is 19.1 Å². The van der Waals surface area contributed by atoms with E-state index in [2.05, 4.69) is 15.2 Å². The minimum atomic E-state index is -0.107. The highest BCUT2D eigenvalue weighted by atomic mass is 16.5. The van der Waals surface area contributed by atoms with Crippen LogP contribution in [0.25, 0.3) is 0 Å². The van der Waals surface area contributed by atoms with E-state index < -0.39 is 0 Å². The number of pyridine rings is 1. The van der Waals surface area contributed by atoms with Crippen molar-refractivity contribution < 1.29 is 9.84 Å². The van der Waals surface area contributed by atoms with E-state index in [1.54, 1.807) is 6.20 Å². The second kappa shape index (κ2) is 5.33. The van der Waals surface area contributed by atoms with Gasteiger partial charge in [-0.1, -0.05) is 0 Å². The normalized spacial score (nSPS) is 24.8. The van der Waals surface area contributed by atoms with Crippen LogP contribution in [0.4, 0.5) is 11.5 Å². The summed E-state index contributed by atoms with van der Waals surface area (Å²) >= 11 is 0. The lowest BCUT2D eigenvalue weighted by atomic mass is 10.2. The average Bonchev–Trinajstić information content (AvgIpc) is 2.38. The Morgan fingerprint density at radius 2 is 2.41 bits per heavy atom. The zero-order chi connectivity index (χ0) is 12.3. The number of ether oxygens (including phenoxy) is 1. The highest BCUT2D eigenvalue weighted by Gasteiger charge is 2.24. The average molecular weight is 237 g/mol. The molecule has 1 aliphatic rings. The molecule has 2 rings (SSSR count). The fourth-order valence-electron chi connectivity index (χ4n) is 2.11. The standard InChI is InChI=1S/C12H19N3O2/c1-9-6-15(7-11(8-16)17-9)10-3-4-14-12(5-10)13-2/h3-5,9,11,16H,6-8H2,1-2H3,(H,13,14). The smallest absolute Gasteiger partial charge is 0.127 e. The first kappa shape index (κ1) is 12.1. The second-order valence-corrected chi connectivity index (χ2v) is 4.31. The molecular formula is C12H19N3O2. The van der Waals surface area contributed by atoms with E-state index in [9.17, 15) is 5.11 Å². The lowest BCUT2D eigenvalue weighted by molar-refractivity contribution is -0.0421. The number of aliphatic hydroxyl groups excluding tert-OH is 1. The summed E-state index contributed by atoms with van der Waals surface area (Å²) in [6.07, 6.45) is 1.81. The Morgan fingerprint density at radius 3 is 3.12 bits per heavy atom. The fourth-order valence-corrected chi connectivity index (χ4v) is 2.11. The summed E-state index contributed by atoms with van der Waals surface area (Å²) in [4.78, 5) is 6.41. The molecule has 17 heavy (non-hydrogen) atoms. The van der Waals surface area contributed by atoms with E-state index in [1.165, 1.54) is 0 Å². The summed E-state index contributed by atoms with van der Waals surface area (Å²) in [5, 5.41) is 12.2. The molecule has 2 atom stereocenters. The van der Waals surface area contributed by atoms with Crippen LogP contribution in [0, 0.1) is 0 Å². The van der Waals surface area contributed by atoms with E-state index in [1.807, 2.05) is 26.1 Å². The zero-order valence-corrected chi connectivity index (χ0v) is 10.3. The maximum Gasteiger partial charge on any atom is 0.127 e. The van der Waals surface area contributed by atoms with Crippen LogP contribution in [0.1, 0.15) is 6.92 Å². The first-order valence-corrected chi connectivity index (χ1v) is 5.88. The van der Waals surface area contributed by atoms with Crippen molar-refractivity contribution in [1.82, 2.24) is 4.98 Å². The van der Waals surface area contributed by atoms with Gasteiger partial charge in [0.2, 0.25) is 0 Å². The predicted octanol–water partition coefficient (Wildman–Crippen LogP) is 0.709. The van der Waals surface area contributed by atoms with E-state index >= 15 is 0 Å². The maximum absolute atomic E-state index is 9.20. The van der Waals surface area contributed by atoms with Gasteiger partial charge in [0.1, 0.15) is 5.82 Å². The van der Waals surface area contributed by atoms with Gasteiger partial charge in [0, 0.05) is 38.1 Å². The fraction of sp³-hybridized carbons (Fsp3) is 0.583. The molecule has 94 valence electrons. The van der Waals surface area contributed by atoms with Crippen LogP contribution in [0.3, 0.4) is 0 Å². The van der Waals surface area contributed by atoms with Gasteiger partial charge in [-0.25, -0.2) is 4.98 Å². The van der Waals surface area contributed by atoms with Crippen LogP contribution >= 0.6 is 0 Å². The summed E-state index contributed by atoms with van der Waals surface area (Å²) < 4.78 is 5.62. The van der Waals surface area contributed by atoms with Gasteiger partial charge in [-0.3, -0.25) is 0 Å². The monoisotopic (exact) mass is 237 g/mol. The first-order valence-electron chi connectivity index (χ1n) is 5.88. The molecular weight excluding hydrogens is 218 g/mol. The van der Waals surface area contributed by atoms with Crippen molar-refractivity contribution >= 4 is 11.5 Å². The molecule has 1 aromatic heterocycles. The number of hydrogen-bond donors (Lipinski definition) is 2. The summed E-state index contributed by atoms with van der Waals surface area (Å²) in [6.45, 7) is 3.64. The number of aliphatic hydroxyl groups is 1. The molecule has 1 saturated heterocycles. The van der Waals surface area contributed by atoms with Crippen molar-refractivity contribution in [3.63, 3.8) is 0 Å². The number of morpholine rings is 1. The Kier molecular flexibility index (Phi) is 3.81. The summed E-state index contributed by atoms with van der Waals surface area (Å²) in [5.74, 6) is 0.849. The summed E-state index contributed by atoms with van der Waals surface area (Å²) in [7, 11) is 1.85. The Bertz CT molecular complexity index is 373. The van der Waals surface area contributed by atoms with Gasteiger partial charge in [0.25, 0.3) is 0 Å². The van der Waals surface area contributed by atoms with E-state index in [0.717, 1.165) is 18.1 Å². The largest absolute Gasteiger partial charge is 0.394 e. The van der Waals surface area contributed by atoms with E-state index in [0.29, 0.717) is 6.54 Å². The van der Waals surface area contributed by atoms with Crippen LogP contribution in [-0.2, 0) is 4.74 Å². The topological polar surface area (TPSA) is 57.6 Å². The van der Waals surface area contributed by atoms with Crippen LogP contribution in [0.15, 0.2) is 18.3 Å². The Labute approximate surface area is 101 Å². The number of nitrogens with one attached hydrogen (secondary N) is 1. The molecule has 1 fully saturated rings. The second-order valence-electron chi connectivity index (χ2n) is 4.31. The van der Waals surface area contributed by atoms with Gasteiger partial charge in [0.15, 0.2) is 0 Å². The molecule has 0 aliphatic carbocycles. The molecule has 0 aromatic carbocycles. The zero-order valence-electron chi connectivity index (χ0n) is 10.3. The van der Waals surface area contributed by atoms with Gasteiger partial charge < -0.3 is 20.1 Å². The minimum absolute atomic E-state index is 0.0603. The first-order chi connectivity index (χ1) is 8.22. The third kappa shape index (κ3) is 2.87. The Morgan fingerprint density at radius 1 is 1.59 bits per heavy atom. The number of hydrogen-bond acceptors (Lipinski definition) is 5. The summed E-state index contributed by atoms with van der Waals surface area (Å²) in [6, 6.07) is 3.99. The quantitative estimate of drug-likeness (QED) is 0.811. The van der Waals surface area contributed by atoms with Gasteiger partial charge in [-0.05, 0) is 13.0 Å². The molecule has 2 unspecified atom stereocenters. The van der Waals surface area contributed by atoms with Gasteiger partial charge in [-0.2, -0.15) is 0 Å². The van der Waals surface area contributed by atoms with Gasteiger partial charge in [-0.15, -0.1) is 0 Å². The molecule has 0 spiro atoms. The lowest BCUT2D eigenvalue weighted by Crippen LogP contribution is -2.48. The third-order valence-electron chi connectivity index (χ3n) is 2.89. The Hall–Kier alpha value is -1.33. The number of anilines is 2. The van der Waals surface area contributed by atoms with Crippen LogP contribution in [0.5, 0.6) is 0 Å². The maximum atomic E-state index is 9.20. The Balaban J connectivity index is 2.14. The molecule has 0 radical (unpaired) electrons. The molecule has 2 heterocycles. The number of nitrogens with zero attached hydrogens (tertiary/aromatic N) is 2. The van der Waals surface area contributed by atoms with Crippen molar-refractivity contribution in [3.05, 3.63) is 18.3 Å². The highest BCUT2D eigenvalue weighted by Crippen LogP contribution is 2.21. The minimum Gasteiger partial charge on any atom is -0.394 e.